The Morgan fingerprint density at radius 3 is 2.50 bits per heavy atom. The maximum atomic E-state index is 11.1. The monoisotopic (exact) mass is 281 g/mol. The zero-order valence-corrected chi connectivity index (χ0v) is 12.9. The molecule has 1 aromatic heterocycles. The lowest BCUT2D eigenvalue weighted by Crippen LogP contribution is -2.31. The molecule has 0 radical (unpaired) electrons. The van der Waals surface area contributed by atoms with Crippen LogP contribution in [0.15, 0.2) is 6.20 Å². The molecule has 2 rings (SSSR count). The molecule has 1 N–H and O–H groups in total. The summed E-state index contributed by atoms with van der Waals surface area (Å²) in [6, 6.07) is 0. The lowest BCUT2D eigenvalue weighted by molar-refractivity contribution is 0.00932. The molecular weight excluding hydrogens is 254 g/mol. The van der Waals surface area contributed by atoms with Crippen LogP contribution in [-0.4, -0.2) is 47.5 Å². The molecule has 0 aliphatic heterocycles. The summed E-state index contributed by atoms with van der Waals surface area (Å²) >= 11 is 0. The van der Waals surface area contributed by atoms with Crippen molar-refractivity contribution in [3.8, 4) is 5.75 Å². The first kappa shape index (κ1) is 15.3. The van der Waals surface area contributed by atoms with Crippen molar-refractivity contribution < 1.29 is 9.84 Å². The minimum Gasteiger partial charge on any atom is -0.493 e. The summed E-state index contributed by atoms with van der Waals surface area (Å²) in [5, 5.41) is 15.5. The van der Waals surface area contributed by atoms with Gasteiger partial charge in [0.2, 0.25) is 0 Å². The zero-order chi connectivity index (χ0) is 14.6. The fourth-order valence-electron chi connectivity index (χ4n) is 3.00. The van der Waals surface area contributed by atoms with Gasteiger partial charge in [-0.2, -0.15) is 5.10 Å². The molecule has 0 spiro atoms. The molecule has 1 fully saturated rings. The number of ether oxygens (including phenoxy) is 1. The quantitative estimate of drug-likeness (QED) is 0.839. The Labute approximate surface area is 121 Å². The Morgan fingerprint density at radius 1 is 1.30 bits per heavy atom. The number of aromatic nitrogens is 2. The third-order valence-electron chi connectivity index (χ3n) is 4.16. The van der Waals surface area contributed by atoms with Crippen LogP contribution in [0, 0.1) is 0 Å². The molecule has 0 amide bonds. The molecule has 1 aromatic rings. The summed E-state index contributed by atoms with van der Waals surface area (Å²) in [5.41, 5.74) is 0.0775. The highest BCUT2D eigenvalue weighted by Crippen LogP contribution is 2.40. The lowest BCUT2D eigenvalue weighted by atomic mass is 9.90. The number of hydrogen-bond donors (Lipinski definition) is 1. The normalized spacial score (nSPS) is 19.1. The molecule has 114 valence electrons. The third-order valence-corrected chi connectivity index (χ3v) is 4.16. The van der Waals surface area contributed by atoms with Crippen molar-refractivity contribution in [3.05, 3.63) is 11.9 Å². The van der Waals surface area contributed by atoms with Crippen LogP contribution in [0.4, 0.5) is 0 Å². The van der Waals surface area contributed by atoms with Crippen molar-refractivity contribution in [3.63, 3.8) is 0 Å². The molecular formula is C15H27N3O2. The van der Waals surface area contributed by atoms with E-state index in [-0.39, 0.29) is 0 Å². The van der Waals surface area contributed by atoms with Crippen LogP contribution < -0.4 is 4.74 Å². The molecule has 1 aliphatic carbocycles. The Balaban J connectivity index is 2.28. The molecule has 5 heteroatoms. The summed E-state index contributed by atoms with van der Waals surface area (Å²) in [5.74, 6) is 0.716. The Kier molecular flexibility index (Phi) is 5.05. The van der Waals surface area contributed by atoms with Gasteiger partial charge in [-0.1, -0.05) is 25.7 Å². The lowest BCUT2D eigenvalue weighted by Gasteiger charge is -2.28. The molecule has 0 aromatic carbocycles. The molecule has 20 heavy (non-hydrogen) atoms. The molecule has 0 bridgehead atoms. The van der Waals surface area contributed by atoms with Crippen molar-refractivity contribution in [2.75, 3.05) is 27.7 Å². The number of nitrogens with zero attached hydrogens (tertiary/aromatic N) is 3. The van der Waals surface area contributed by atoms with Crippen LogP contribution in [0.2, 0.25) is 0 Å². The maximum Gasteiger partial charge on any atom is 0.162 e. The van der Waals surface area contributed by atoms with E-state index in [4.69, 9.17) is 4.74 Å². The zero-order valence-electron chi connectivity index (χ0n) is 12.9. The van der Waals surface area contributed by atoms with Gasteiger partial charge >= 0.3 is 0 Å². The van der Waals surface area contributed by atoms with Gasteiger partial charge < -0.3 is 14.7 Å². The van der Waals surface area contributed by atoms with E-state index in [0.29, 0.717) is 5.75 Å². The number of hydrogen-bond acceptors (Lipinski definition) is 4. The highest BCUT2D eigenvalue weighted by Gasteiger charge is 2.36. The van der Waals surface area contributed by atoms with Gasteiger partial charge in [0.25, 0.3) is 0 Å². The van der Waals surface area contributed by atoms with E-state index in [1.807, 2.05) is 18.8 Å². The summed E-state index contributed by atoms with van der Waals surface area (Å²) < 4.78 is 7.36. The number of rotatable bonds is 5. The van der Waals surface area contributed by atoms with E-state index >= 15 is 0 Å². The Morgan fingerprint density at radius 2 is 1.95 bits per heavy atom. The van der Waals surface area contributed by atoms with E-state index in [9.17, 15) is 5.11 Å². The average Bonchev–Trinajstić information content (AvgIpc) is 2.72. The molecule has 0 saturated heterocycles. The minimum absolute atomic E-state index is 0.716. The van der Waals surface area contributed by atoms with Gasteiger partial charge in [0.05, 0.1) is 19.9 Å². The van der Waals surface area contributed by atoms with Crippen molar-refractivity contribution >= 4 is 0 Å². The van der Waals surface area contributed by atoms with E-state index in [1.54, 1.807) is 13.3 Å². The number of methoxy groups -OCH3 is 1. The van der Waals surface area contributed by atoms with Gasteiger partial charge in [0.15, 0.2) is 5.75 Å². The molecule has 1 heterocycles. The molecule has 5 nitrogen and oxygen atoms in total. The van der Waals surface area contributed by atoms with Crippen molar-refractivity contribution in [1.29, 1.82) is 0 Å². The highest BCUT2D eigenvalue weighted by molar-refractivity contribution is 5.31. The highest BCUT2D eigenvalue weighted by atomic mass is 16.5. The topological polar surface area (TPSA) is 50.5 Å². The summed E-state index contributed by atoms with van der Waals surface area (Å²) in [7, 11) is 5.73. The molecule has 1 saturated carbocycles. The van der Waals surface area contributed by atoms with Crippen molar-refractivity contribution in [1.82, 2.24) is 14.7 Å². The van der Waals surface area contributed by atoms with Crippen LogP contribution >= 0.6 is 0 Å². The molecule has 0 unspecified atom stereocenters. The second-order valence-electron chi connectivity index (χ2n) is 6.03. The average molecular weight is 281 g/mol. The second-order valence-corrected chi connectivity index (χ2v) is 6.03. The van der Waals surface area contributed by atoms with E-state index in [1.165, 1.54) is 12.8 Å². The molecule has 1 aliphatic rings. The summed E-state index contributed by atoms with van der Waals surface area (Å²) in [4.78, 5) is 2.12. The molecule has 0 atom stereocenters. The fraction of sp³-hybridized carbons (Fsp3) is 0.800. The van der Waals surface area contributed by atoms with Gasteiger partial charge in [-0.3, -0.25) is 4.68 Å². The first-order chi connectivity index (χ1) is 9.57. The SMILES string of the molecule is COc1cnn(CCN(C)C)c1C1(O)CCCCCC1. The minimum atomic E-state index is -0.787. The van der Waals surface area contributed by atoms with E-state index < -0.39 is 5.60 Å². The fourth-order valence-corrected chi connectivity index (χ4v) is 3.00. The predicted molar refractivity (Wildman–Crippen MR) is 78.9 cm³/mol. The summed E-state index contributed by atoms with van der Waals surface area (Å²) in [6.45, 7) is 1.67. The van der Waals surface area contributed by atoms with Crippen LogP contribution in [0.5, 0.6) is 5.75 Å². The first-order valence-electron chi connectivity index (χ1n) is 7.54. The summed E-state index contributed by atoms with van der Waals surface area (Å²) in [6.07, 6.45) is 7.88. The van der Waals surface area contributed by atoms with Gasteiger partial charge in [-0.25, -0.2) is 0 Å². The Hall–Kier alpha value is -1.07. The van der Waals surface area contributed by atoms with Crippen LogP contribution in [0.1, 0.15) is 44.2 Å². The van der Waals surface area contributed by atoms with E-state index in [0.717, 1.165) is 44.5 Å². The van der Waals surface area contributed by atoms with Crippen molar-refractivity contribution in [2.24, 2.45) is 0 Å². The van der Waals surface area contributed by atoms with Gasteiger partial charge in [-0.15, -0.1) is 0 Å². The second kappa shape index (κ2) is 6.59. The Bertz CT molecular complexity index is 421. The van der Waals surface area contributed by atoms with Crippen LogP contribution in [0.25, 0.3) is 0 Å². The number of aliphatic hydroxyl groups is 1. The number of likely N-dealkylation sites (N-methyl/N-ethyl adjacent to an activating group) is 1. The standard InChI is InChI=1S/C15H27N3O2/c1-17(2)10-11-18-14(13(20-3)12-16-18)15(19)8-6-4-5-7-9-15/h12,19H,4-11H2,1-3H3. The van der Waals surface area contributed by atoms with Gasteiger partial charge in [0.1, 0.15) is 11.3 Å². The maximum absolute atomic E-state index is 11.1. The largest absolute Gasteiger partial charge is 0.493 e. The van der Waals surface area contributed by atoms with Gasteiger partial charge in [-0.05, 0) is 26.9 Å². The predicted octanol–water partition coefficient (Wildman–Crippen LogP) is 2.00. The van der Waals surface area contributed by atoms with Gasteiger partial charge in [0, 0.05) is 6.54 Å². The van der Waals surface area contributed by atoms with Crippen molar-refractivity contribution in [2.45, 2.75) is 50.7 Å². The smallest absolute Gasteiger partial charge is 0.162 e. The van der Waals surface area contributed by atoms with E-state index in [2.05, 4.69) is 10.00 Å². The third kappa shape index (κ3) is 3.33. The van der Waals surface area contributed by atoms with Crippen LogP contribution in [-0.2, 0) is 12.1 Å². The first-order valence-corrected chi connectivity index (χ1v) is 7.54. The van der Waals surface area contributed by atoms with Crippen LogP contribution in [0.3, 0.4) is 0 Å².